The van der Waals surface area contributed by atoms with Crippen LogP contribution in [-0.4, -0.2) is 31.4 Å². The summed E-state index contributed by atoms with van der Waals surface area (Å²) < 4.78 is 3.00. The van der Waals surface area contributed by atoms with E-state index in [0.29, 0.717) is 23.4 Å². The Balaban J connectivity index is 2.23. The molecule has 0 saturated carbocycles. The van der Waals surface area contributed by atoms with E-state index in [1.54, 1.807) is 22.7 Å². The van der Waals surface area contributed by atoms with Crippen LogP contribution in [0.3, 0.4) is 0 Å². The van der Waals surface area contributed by atoms with Crippen molar-refractivity contribution < 1.29 is 9.59 Å². The van der Waals surface area contributed by atoms with E-state index in [1.807, 2.05) is 6.07 Å². The zero-order chi connectivity index (χ0) is 13.4. The lowest BCUT2D eigenvalue weighted by atomic mass is 10.4. The number of aromatic nitrogens is 4. The number of pyridine rings is 1. The molecule has 0 fully saturated rings. The van der Waals surface area contributed by atoms with Gasteiger partial charge in [-0.15, -0.1) is 0 Å². The van der Waals surface area contributed by atoms with Crippen LogP contribution in [0.5, 0.6) is 0 Å². The third kappa shape index (κ3) is 1.68. The first-order chi connectivity index (χ1) is 9.20. The van der Waals surface area contributed by atoms with E-state index in [0.717, 1.165) is 0 Å². The summed E-state index contributed by atoms with van der Waals surface area (Å²) in [6, 6.07) is 6.86. The second kappa shape index (κ2) is 4.05. The van der Waals surface area contributed by atoms with Crippen molar-refractivity contribution in [2.24, 2.45) is 5.73 Å². The van der Waals surface area contributed by atoms with Gasteiger partial charge in [0, 0.05) is 12.4 Å². The fraction of sp³-hybridized carbons (Fsp3) is 0. The quantitative estimate of drug-likeness (QED) is 0.686. The van der Waals surface area contributed by atoms with Crippen LogP contribution in [0, 0.1) is 0 Å². The number of primary amides is 1. The molecule has 7 heteroatoms. The van der Waals surface area contributed by atoms with E-state index in [2.05, 4.69) is 10.1 Å². The molecule has 7 nitrogen and oxygen atoms in total. The lowest BCUT2D eigenvalue weighted by Gasteiger charge is -1.97. The van der Waals surface area contributed by atoms with Crippen molar-refractivity contribution in [2.75, 3.05) is 0 Å². The summed E-state index contributed by atoms with van der Waals surface area (Å²) in [6.07, 6.45) is 3.96. The molecular weight excluding hydrogens is 246 g/mol. The third-order valence-corrected chi connectivity index (χ3v) is 2.72. The standard InChI is InChI=1S/C12H9N5O2/c13-11(19)8-4-6-17(15-8)12-9(7-18)16-5-2-1-3-10(16)14-12/h1-7H,(H2,13,19). The summed E-state index contributed by atoms with van der Waals surface area (Å²) >= 11 is 0. The molecule has 0 unspecified atom stereocenters. The van der Waals surface area contributed by atoms with Crippen molar-refractivity contribution in [1.29, 1.82) is 0 Å². The number of rotatable bonds is 3. The Morgan fingerprint density at radius 3 is 2.79 bits per heavy atom. The van der Waals surface area contributed by atoms with Gasteiger partial charge in [0.05, 0.1) is 0 Å². The molecule has 0 bridgehead atoms. The monoisotopic (exact) mass is 255 g/mol. The minimum Gasteiger partial charge on any atom is -0.364 e. The maximum absolute atomic E-state index is 11.2. The number of amides is 1. The van der Waals surface area contributed by atoms with Gasteiger partial charge in [-0.1, -0.05) is 6.07 Å². The Hall–Kier alpha value is -2.96. The van der Waals surface area contributed by atoms with Crippen LogP contribution in [0.4, 0.5) is 0 Å². The van der Waals surface area contributed by atoms with E-state index in [9.17, 15) is 9.59 Å². The minimum atomic E-state index is -0.629. The van der Waals surface area contributed by atoms with Gasteiger partial charge in [0.15, 0.2) is 12.1 Å². The van der Waals surface area contributed by atoms with Gasteiger partial charge in [0.25, 0.3) is 5.91 Å². The summed E-state index contributed by atoms with van der Waals surface area (Å²) in [5, 5.41) is 3.99. The van der Waals surface area contributed by atoms with Gasteiger partial charge >= 0.3 is 0 Å². The van der Waals surface area contributed by atoms with Crippen LogP contribution in [0.1, 0.15) is 21.0 Å². The molecule has 0 spiro atoms. The molecule has 0 aliphatic carbocycles. The predicted molar refractivity (Wildman–Crippen MR) is 66.2 cm³/mol. The number of carbonyl (C=O) groups is 2. The van der Waals surface area contributed by atoms with E-state index in [-0.39, 0.29) is 5.69 Å². The summed E-state index contributed by atoms with van der Waals surface area (Å²) in [6.45, 7) is 0. The first-order valence-electron chi connectivity index (χ1n) is 5.49. The SMILES string of the molecule is NC(=O)c1ccn(-c2nc3ccccn3c2C=O)n1. The van der Waals surface area contributed by atoms with Crippen LogP contribution in [-0.2, 0) is 0 Å². The van der Waals surface area contributed by atoms with Crippen molar-refractivity contribution in [3.63, 3.8) is 0 Å². The van der Waals surface area contributed by atoms with E-state index in [4.69, 9.17) is 5.73 Å². The van der Waals surface area contributed by atoms with Crippen molar-refractivity contribution in [3.05, 3.63) is 48.0 Å². The second-order valence-corrected chi connectivity index (χ2v) is 3.88. The summed E-state index contributed by atoms with van der Waals surface area (Å²) in [7, 11) is 0. The van der Waals surface area contributed by atoms with Crippen LogP contribution < -0.4 is 5.73 Å². The number of aldehydes is 1. The van der Waals surface area contributed by atoms with Crippen LogP contribution >= 0.6 is 0 Å². The fourth-order valence-electron chi connectivity index (χ4n) is 1.85. The molecule has 3 aromatic heterocycles. The molecule has 0 atom stereocenters. The Kier molecular flexibility index (Phi) is 2.38. The Labute approximate surface area is 107 Å². The van der Waals surface area contributed by atoms with E-state index in [1.165, 1.54) is 16.9 Å². The summed E-state index contributed by atoms with van der Waals surface area (Å²) in [4.78, 5) is 26.6. The number of nitrogens with zero attached hydrogens (tertiary/aromatic N) is 4. The highest BCUT2D eigenvalue weighted by Crippen LogP contribution is 2.14. The Morgan fingerprint density at radius 2 is 2.11 bits per heavy atom. The molecule has 0 radical (unpaired) electrons. The first-order valence-corrected chi connectivity index (χ1v) is 5.49. The van der Waals surface area contributed by atoms with Crippen molar-refractivity contribution in [2.45, 2.75) is 0 Å². The third-order valence-electron chi connectivity index (χ3n) is 2.72. The molecule has 3 aromatic rings. The average molecular weight is 255 g/mol. The van der Waals surface area contributed by atoms with Gasteiger partial charge in [-0.3, -0.25) is 14.0 Å². The summed E-state index contributed by atoms with van der Waals surface area (Å²) in [5.41, 5.74) is 6.24. The van der Waals surface area contributed by atoms with Gasteiger partial charge in [-0.05, 0) is 18.2 Å². The first kappa shape index (κ1) is 11.1. The number of fused-ring (bicyclic) bond motifs is 1. The molecule has 3 heterocycles. The molecule has 19 heavy (non-hydrogen) atoms. The molecule has 2 N–H and O–H groups in total. The smallest absolute Gasteiger partial charge is 0.269 e. The average Bonchev–Trinajstić information content (AvgIpc) is 3.02. The fourth-order valence-corrected chi connectivity index (χ4v) is 1.85. The van der Waals surface area contributed by atoms with Crippen LogP contribution in [0.15, 0.2) is 36.7 Å². The van der Waals surface area contributed by atoms with Crippen molar-refractivity contribution in [1.82, 2.24) is 19.2 Å². The topological polar surface area (TPSA) is 95.3 Å². The number of hydrogen-bond donors (Lipinski definition) is 1. The highest BCUT2D eigenvalue weighted by Gasteiger charge is 2.15. The van der Waals surface area contributed by atoms with E-state index >= 15 is 0 Å². The second-order valence-electron chi connectivity index (χ2n) is 3.88. The Morgan fingerprint density at radius 1 is 1.26 bits per heavy atom. The van der Waals surface area contributed by atoms with Gasteiger partial charge in [-0.25, -0.2) is 9.67 Å². The largest absolute Gasteiger partial charge is 0.364 e. The van der Waals surface area contributed by atoms with Crippen LogP contribution in [0.25, 0.3) is 11.5 Å². The predicted octanol–water partition coefficient (Wildman–Crippen LogP) is 0.431. The van der Waals surface area contributed by atoms with Crippen molar-refractivity contribution >= 4 is 17.8 Å². The molecule has 0 aliphatic rings. The highest BCUT2D eigenvalue weighted by atomic mass is 16.1. The molecule has 0 aliphatic heterocycles. The highest BCUT2D eigenvalue weighted by molar-refractivity contribution is 5.90. The van der Waals surface area contributed by atoms with Crippen molar-refractivity contribution in [3.8, 4) is 5.82 Å². The number of nitrogens with two attached hydrogens (primary N) is 1. The lowest BCUT2D eigenvalue weighted by molar-refractivity contribution is 0.0995. The van der Waals surface area contributed by atoms with Gasteiger partial charge in [-0.2, -0.15) is 5.10 Å². The minimum absolute atomic E-state index is 0.119. The maximum Gasteiger partial charge on any atom is 0.269 e. The molecule has 0 saturated heterocycles. The normalized spacial score (nSPS) is 10.7. The number of imidazole rings is 1. The lowest BCUT2D eigenvalue weighted by Crippen LogP contribution is -2.12. The zero-order valence-electron chi connectivity index (χ0n) is 9.72. The van der Waals surface area contributed by atoms with Gasteiger partial charge in [0.1, 0.15) is 17.0 Å². The Bertz CT molecular complexity index is 786. The molecule has 0 aromatic carbocycles. The molecular formula is C12H9N5O2. The van der Waals surface area contributed by atoms with Crippen LogP contribution in [0.2, 0.25) is 0 Å². The van der Waals surface area contributed by atoms with Gasteiger partial charge < -0.3 is 5.73 Å². The number of hydrogen-bond acceptors (Lipinski definition) is 4. The molecule has 1 amide bonds. The molecule has 3 rings (SSSR count). The zero-order valence-corrected chi connectivity index (χ0v) is 9.72. The maximum atomic E-state index is 11.2. The molecule has 94 valence electrons. The van der Waals surface area contributed by atoms with Gasteiger partial charge in [0.2, 0.25) is 0 Å². The number of carbonyl (C=O) groups excluding carboxylic acids is 2. The summed E-state index contributed by atoms with van der Waals surface area (Å²) in [5.74, 6) is -0.274. The van der Waals surface area contributed by atoms with E-state index < -0.39 is 5.91 Å².